The van der Waals surface area contributed by atoms with Gasteiger partial charge in [0.25, 0.3) is 11.7 Å². The van der Waals surface area contributed by atoms with Crippen molar-refractivity contribution in [3.05, 3.63) is 62.8 Å². The van der Waals surface area contributed by atoms with E-state index in [1.807, 2.05) is 17.5 Å². The molecule has 0 aliphatic carbocycles. The molecule has 1 N–H and O–H groups in total. The summed E-state index contributed by atoms with van der Waals surface area (Å²) in [5.41, 5.74) is 0.600. The van der Waals surface area contributed by atoms with Crippen molar-refractivity contribution < 1.29 is 19.4 Å². The minimum absolute atomic E-state index is 0.135. The van der Waals surface area contributed by atoms with E-state index in [0.717, 1.165) is 44.1 Å². The largest absolute Gasteiger partial charge is 0.507 e. The molecule has 3 heterocycles. The Morgan fingerprint density at radius 1 is 1.13 bits per heavy atom. The van der Waals surface area contributed by atoms with Crippen LogP contribution < -0.4 is 0 Å². The van der Waals surface area contributed by atoms with E-state index in [9.17, 15) is 14.7 Å². The van der Waals surface area contributed by atoms with Crippen LogP contribution >= 0.6 is 22.9 Å². The van der Waals surface area contributed by atoms with E-state index in [2.05, 4.69) is 4.90 Å². The van der Waals surface area contributed by atoms with Gasteiger partial charge in [0.1, 0.15) is 5.76 Å². The Bertz CT molecular complexity index is 937. The number of morpholine rings is 1. The Morgan fingerprint density at radius 2 is 1.87 bits per heavy atom. The van der Waals surface area contributed by atoms with Crippen LogP contribution in [0.2, 0.25) is 5.02 Å². The molecule has 2 aromatic rings. The van der Waals surface area contributed by atoms with Crippen molar-refractivity contribution in [3.8, 4) is 0 Å². The number of likely N-dealkylation sites (tertiary alicyclic amines) is 1. The normalized spacial score (nSPS) is 22.0. The molecule has 1 atom stereocenters. The van der Waals surface area contributed by atoms with Gasteiger partial charge in [-0.05, 0) is 42.1 Å². The molecule has 2 aliphatic rings. The van der Waals surface area contributed by atoms with Crippen LogP contribution in [-0.4, -0.2) is 66.0 Å². The van der Waals surface area contributed by atoms with Crippen LogP contribution in [0.4, 0.5) is 0 Å². The lowest BCUT2D eigenvalue weighted by Crippen LogP contribution is -2.38. The van der Waals surface area contributed by atoms with Crippen LogP contribution in [0.15, 0.2) is 47.4 Å². The summed E-state index contributed by atoms with van der Waals surface area (Å²) in [6.45, 7) is 4.48. The molecule has 1 aromatic heterocycles. The van der Waals surface area contributed by atoms with E-state index in [1.165, 1.54) is 11.3 Å². The predicted molar refractivity (Wildman–Crippen MR) is 117 cm³/mol. The highest BCUT2D eigenvalue weighted by Crippen LogP contribution is 2.41. The van der Waals surface area contributed by atoms with Gasteiger partial charge in [-0.25, -0.2) is 0 Å². The molecule has 0 saturated carbocycles. The predicted octanol–water partition coefficient (Wildman–Crippen LogP) is 3.55. The molecule has 2 aliphatic heterocycles. The van der Waals surface area contributed by atoms with Crippen molar-refractivity contribution in [2.24, 2.45) is 0 Å². The summed E-state index contributed by atoms with van der Waals surface area (Å²) < 4.78 is 5.37. The molecule has 2 saturated heterocycles. The standard InChI is InChI=1S/C22H23ClN2O4S/c23-16-6-4-15(5-7-16)20(26)18-19(17-3-1-14-30-17)25(22(28)21(18)27)9-2-8-24-10-12-29-13-11-24/h1,3-7,14,19,26H,2,8-13H2/b20-18-. The minimum atomic E-state index is -0.646. The molecular weight excluding hydrogens is 424 g/mol. The third-order valence-corrected chi connectivity index (χ3v) is 6.62. The van der Waals surface area contributed by atoms with Gasteiger partial charge >= 0.3 is 0 Å². The Hall–Kier alpha value is -2.19. The summed E-state index contributed by atoms with van der Waals surface area (Å²) in [6.07, 6.45) is 0.746. The molecule has 158 valence electrons. The number of carbonyl (C=O) groups excluding carboxylic acids is 2. The molecule has 1 unspecified atom stereocenters. The first-order chi connectivity index (χ1) is 14.6. The van der Waals surface area contributed by atoms with Gasteiger partial charge in [-0.15, -0.1) is 11.3 Å². The minimum Gasteiger partial charge on any atom is -0.507 e. The maximum absolute atomic E-state index is 12.9. The maximum Gasteiger partial charge on any atom is 0.295 e. The fourth-order valence-corrected chi connectivity index (χ4v) is 4.88. The van der Waals surface area contributed by atoms with Gasteiger partial charge in [-0.2, -0.15) is 0 Å². The lowest BCUT2D eigenvalue weighted by Gasteiger charge is -2.28. The number of aliphatic hydroxyl groups excluding tert-OH is 1. The molecule has 6 nitrogen and oxygen atoms in total. The molecule has 1 aromatic carbocycles. The molecule has 0 bridgehead atoms. The van der Waals surface area contributed by atoms with Gasteiger partial charge in [0.05, 0.1) is 24.8 Å². The molecule has 0 spiro atoms. The van der Waals surface area contributed by atoms with Crippen molar-refractivity contribution in [1.82, 2.24) is 9.80 Å². The average molecular weight is 447 g/mol. The number of hydrogen-bond donors (Lipinski definition) is 1. The lowest BCUT2D eigenvalue weighted by atomic mass is 10.00. The van der Waals surface area contributed by atoms with Crippen molar-refractivity contribution in [2.75, 3.05) is 39.4 Å². The number of hydrogen-bond acceptors (Lipinski definition) is 6. The van der Waals surface area contributed by atoms with Gasteiger partial charge in [0.2, 0.25) is 0 Å². The van der Waals surface area contributed by atoms with E-state index >= 15 is 0 Å². The van der Waals surface area contributed by atoms with E-state index in [1.54, 1.807) is 29.2 Å². The number of carbonyl (C=O) groups is 2. The second kappa shape index (κ2) is 9.31. The van der Waals surface area contributed by atoms with E-state index < -0.39 is 17.7 Å². The number of ether oxygens (including phenoxy) is 1. The van der Waals surface area contributed by atoms with Crippen LogP contribution in [0, 0.1) is 0 Å². The van der Waals surface area contributed by atoms with Crippen molar-refractivity contribution in [2.45, 2.75) is 12.5 Å². The van der Waals surface area contributed by atoms with Gasteiger partial charge in [0, 0.05) is 41.6 Å². The van der Waals surface area contributed by atoms with Gasteiger partial charge in [0.15, 0.2) is 0 Å². The maximum atomic E-state index is 12.9. The highest BCUT2D eigenvalue weighted by Gasteiger charge is 2.46. The monoisotopic (exact) mass is 446 g/mol. The summed E-state index contributed by atoms with van der Waals surface area (Å²) in [5.74, 6) is -1.38. The second-order valence-electron chi connectivity index (χ2n) is 7.32. The van der Waals surface area contributed by atoms with Crippen LogP contribution in [0.3, 0.4) is 0 Å². The topological polar surface area (TPSA) is 70.1 Å². The molecular formula is C22H23ClN2O4S. The lowest BCUT2D eigenvalue weighted by molar-refractivity contribution is -0.140. The van der Waals surface area contributed by atoms with E-state index in [4.69, 9.17) is 16.3 Å². The highest BCUT2D eigenvalue weighted by molar-refractivity contribution is 7.10. The van der Waals surface area contributed by atoms with Crippen LogP contribution in [0.1, 0.15) is 22.9 Å². The molecule has 4 rings (SSSR count). The number of thiophene rings is 1. The molecule has 30 heavy (non-hydrogen) atoms. The fourth-order valence-electron chi connectivity index (χ4n) is 3.91. The quantitative estimate of drug-likeness (QED) is 0.417. The Morgan fingerprint density at radius 3 is 2.53 bits per heavy atom. The summed E-state index contributed by atoms with van der Waals surface area (Å²) >= 11 is 7.41. The molecule has 2 fully saturated rings. The molecule has 0 radical (unpaired) electrons. The van der Waals surface area contributed by atoms with Gasteiger partial charge in [-0.3, -0.25) is 14.5 Å². The zero-order valence-corrected chi connectivity index (χ0v) is 18.0. The van der Waals surface area contributed by atoms with Crippen LogP contribution in [-0.2, 0) is 14.3 Å². The number of aliphatic hydroxyl groups is 1. The smallest absolute Gasteiger partial charge is 0.295 e. The SMILES string of the molecule is O=C1C(=O)N(CCCN2CCOCC2)C(c2cccs2)/C1=C(/O)c1ccc(Cl)cc1. The van der Waals surface area contributed by atoms with Gasteiger partial charge < -0.3 is 14.7 Å². The zero-order chi connectivity index (χ0) is 21.1. The molecule has 1 amide bonds. The van der Waals surface area contributed by atoms with E-state index in [-0.39, 0.29) is 11.3 Å². The average Bonchev–Trinajstić information content (AvgIpc) is 3.37. The van der Waals surface area contributed by atoms with E-state index in [0.29, 0.717) is 17.1 Å². The first-order valence-corrected chi connectivity index (χ1v) is 11.2. The summed E-state index contributed by atoms with van der Waals surface area (Å²) in [6, 6.07) is 9.79. The Kier molecular flexibility index (Phi) is 6.53. The first-order valence-electron chi connectivity index (χ1n) is 9.94. The third kappa shape index (κ3) is 4.30. The summed E-state index contributed by atoms with van der Waals surface area (Å²) in [5, 5.41) is 13.4. The van der Waals surface area contributed by atoms with Crippen molar-refractivity contribution >= 4 is 40.4 Å². The van der Waals surface area contributed by atoms with Crippen LogP contribution in [0.5, 0.6) is 0 Å². The Labute approximate surface area is 184 Å². The number of halogens is 1. The first kappa shape index (κ1) is 21.1. The highest BCUT2D eigenvalue weighted by atomic mass is 35.5. The summed E-state index contributed by atoms with van der Waals surface area (Å²) in [7, 11) is 0. The third-order valence-electron chi connectivity index (χ3n) is 5.45. The molecule has 8 heteroatoms. The Balaban J connectivity index is 1.61. The van der Waals surface area contributed by atoms with Gasteiger partial charge in [-0.1, -0.05) is 17.7 Å². The zero-order valence-electron chi connectivity index (χ0n) is 16.4. The number of nitrogens with zero attached hydrogens (tertiary/aromatic N) is 2. The summed E-state index contributed by atoms with van der Waals surface area (Å²) in [4.78, 5) is 30.5. The number of Topliss-reactive ketones (excluding diaryl/α,β-unsaturated/α-hetero) is 1. The number of amides is 1. The number of rotatable bonds is 6. The van der Waals surface area contributed by atoms with Crippen molar-refractivity contribution in [1.29, 1.82) is 0 Å². The number of benzene rings is 1. The fraction of sp³-hybridized carbons (Fsp3) is 0.364. The second-order valence-corrected chi connectivity index (χ2v) is 8.74. The van der Waals surface area contributed by atoms with Crippen LogP contribution in [0.25, 0.3) is 5.76 Å². The number of ketones is 1. The van der Waals surface area contributed by atoms with Crippen molar-refractivity contribution in [3.63, 3.8) is 0 Å².